The van der Waals surface area contributed by atoms with Crippen LogP contribution in [-0.2, 0) is 4.79 Å². The lowest BCUT2D eigenvalue weighted by atomic mass is 10.2. The molecule has 0 aromatic heterocycles. The van der Waals surface area contributed by atoms with Crippen molar-refractivity contribution < 1.29 is 9.53 Å². The van der Waals surface area contributed by atoms with Crippen LogP contribution in [0.5, 0.6) is 5.75 Å². The van der Waals surface area contributed by atoms with Crippen LogP contribution in [0.1, 0.15) is 11.1 Å². The highest BCUT2D eigenvalue weighted by atomic mass is 32.2. The molecule has 1 aliphatic heterocycles. The van der Waals surface area contributed by atoms with Crippen LogP contribution in [0.4, 0.5) is 5.69 Å². The molecular weight excluding hydrogens is 308 g/mol. The van der Waals surface area contributed by atoms with Crippen molar-refractivity contribution in [3.8, 4) is 5.75 Å². The molecule has 116 valence electrons. The van der Waals surface area contributed by atoms with Gasteiger partial charge in [-0.15, -0.1) is 0 Å². The predicted molar refractivity (Wildman–Crippen MR) is 95.0 cm³/mol. The van der Waals surface area contributed by atoms with Gasteiger partial charge in [0, 0.05) is 0 Å². The summed E-state index contributed by atoms with van der Waals surface area (Å²) in [6.07, 6.45) is 1.84. The number of rotatable bonds is 3. The first-order valence-corrected chi connectivity index (χ1v) is 7.96. The van der Waals surface area contributed by atoms with Gasteiger partial charge < -0.3 is 10.1 Å². The van der Waals surface area contributed by atoms with Gasteiger partial charge in [0.05, 0.1) is 17.7 Å². The summed E-state index contributed by atoms with van der Waals surface area (Å²) in [6, 6.07) is 15.4. The first-order chi connectivity index (χ1) is 11.2. The Bertz CT molecular complexity index is 812. The number of carbonyl (C=O) groups is 1. The molecule has 23 heavy (non-hydrogen) atoms. The van der Waals surface area contributed by atoms with E-state index in [1.165, 1.54) is 11.8 Å². The Morgan fingerprint density at radius 1 is 1.17 bits per heavy atom. The Morgan fingerprint density at radius 2 is 2.00 bits per heavy atom. The third kappa shape index (κ3) is 3.63. The van der Waals surface area contributed by atoms with E-state index < -0.39 is 0 Å². The Hall–Kier alpha value is -2.53. The van der Waals surface area contributed by atoms with Crippen LogP contribution in [0.25, 0.3) is 6.08 Å². The van der Waals surface area contributed by atoms with Crippen molar-refractivity contribution in [2.45, 2.75) is 6.92 Å². The molecule has 1 saturated heterocycles. The van der Waals surface area contributed by atoms with Crippen LogP contribution >= 0.6 is 11.8 Å². The number of ether oxygens (including phenoxy) is 1. The highest BCUT2D eigenvalue weighted by Crippen LogP contribution is 2.29. The summed E-state index contributed by atoms with van der Waals surface area (Å²) in [7, 11) is 1.62. The molecule has 2 aromatic rings. The molecular formula is C18H16N2O2S. The van der Waals surface area contributed by atoms with Crippen molar-refractivity contribution in [1.82, 2.24) is 5.32 Å². The fraction of sp³-hybridized carbons (Fsp3) is 0.111. The van der Waals surface area contributed by atoms with E-state index in [9.17, 15) is 4.79 Å². The molecule has 1 heterocycles. The van der Waals surface area contributed by atoms with Crippen LogP contribution in [0, 0.1) is 6.92 Å². The number of amides is 1. The van der Waals surface area contributed by atoms with E-state index in [2.05, 4.69) is 10.3 Å². The smallest absolute Gasteiger partial charge is 0.264 e. The van der Waals surface area contributed by atoms with Gasteiger partial charge in [-0.25, -0.2) is 4.99 Å². The Morgan fingerprint density at radius 3 is 2.78 bits per heavy atom. The van der Waals surface area contributed by atoms with Gasteiger partial charge in [-0.05, 0) is 54.1 Å². The molecule has 0 spiro atoms. The number of nitrogens with zero attached hydrogens (tertiary/aromatic N) is 1. The number of aliphatic imine (C=N–C) groups is 1. The highest BCUT2D eigenvalue weighted by Gasteiger charge is 2.23. The fourth-order valence-corrected chi connectivity index (χ4v) is 3.00. The Kier molecular flexibility index (Phi) is 4.48. The number of para-hydroxylation sites is 1. The van der Waals surface area contributed by atoms with Gasteiger partial charge in [0.1, 0.15) is 5.75 Å². The number of thioether (sulfide) groups is 1. The zero-order valence-corrected chi connectivity index (χ0v) is 13.7. The molecule has 0 aliphatic carbocycles. The summed E-state index contributed by atoms with van der Waals surface area (Å²) in [5.41, 5.74) is 2.84. The van der Waals surface area contributed by atoms with Crippen molar-refractivity contribution >= 4 is 34.6 Å². The quantitative estimate of drug-likeness (QED) is 0.871. The molecule has 0 bridgehead atoms. The van der Waals surface area contributed by atoms with Crippen LogP contribution in [0.3, 0.4) is 0 Å². The van der Waals surface area contributed by atoms with Gasteiger partial charge in [0.15, 0.2) is 5.17 Å². The molecule has 0 atom stereocenters. The molecule has 4 nitrogen and oxygen atoms in total. The Balaban J connectivity index is 1.85. The summed E-state index contributed by atoms with van der Waals surface area (Å²) < 4.78 is 5.20. The minimum atomic E-state index is -0.134. The minimum Gasteiger partial charge on any atom is -0.497 e. The second kappa shape index (κ2) is 6.71. The number of hydrogen-bond donors (Lipinski definition) is 1. The first kappa shape index (κ1) is 15.4. The highest BCUT2D eigenvalue weighted by molar-refractivity contribution is 8.18. The van der Waals surface area contributed by atoms with Crippen LogP contribution in [0.2, 0.25) is 0 Å². The lowest BCUT2D eigenvalue weighted by Gasteiger charge is -2.00. The van der Waals surface area contributed by atoms with Gasteiger partial charge in [-0.3, -0.25) is 4.79 Å². The van der Waals surface area contributed by atoms with Gasteiger partial charge in [0.25, 0.3) is 5.91 Å². The molecule has 2 aromatic carbocycles. The first-order valence-electron chi connectivity index (χ1n) is 7.15. The second-order valence-electron chi connectivity index (χ2n) is 5.04. The number of benzene rings is 2. The average molecular weight is 324 g/mol. The van der Waals surface area contributed by atoms with Gasteiger partial charge >= 0.3 is 0 Å². The molecule has 1 fully saturated rings. The summed E-state index contributed by atoms with van der Waals surface area (Å²) in [5.74, 6) is 0.627. The second-order valence-corrected chi connectivity index (χ2v) is 6.08. The average Bonchev–Trinajstić information content (AvgIpc) is 2.89. The van der Waals surface area contributed by atoms with Crippen molar-refractivity contribution in [1.29, 1.82) is 0 Å². The largest absolute Gasteiger partial charge is 0.497 e. The number of carbonyl (C=O) groups excluding carboxylic acids is 1. The third-order valence-electron chi connectivity index (χ3n) is 3.38. The molecule has 0 saturated carbocycles. The number of nitrogens with one attached hydrogen (secondary N) is 1. The predicted octanol–water partition coefficient (Wildman–Crippen LogP) is 3.90. The molecule has 0 unspecified atom stereocenters. The topological polar surface area (TPSA) is 50.7 Å². The maximum atomic E-state index is 12.1. The van der Waals surface area contributed by atoms with E-state index in [1.54, 1.807) is 7.11 Å². The number of hydrogen-bond acceptors (Lipinski definition) is 4. The van der Waals surface area contributed by atoms with Crippen LogP contribution in [0.15, 0.2) is 58.4 Å². The fourth-order valence-electron chi connectivity index (χ4n) is 2.16. The SMILES string of the molecule is COc1cccc(C=C2SC(=Nc3ccccc3C)NC2=O)c1. The van der Waals surface area contributed by atoms with Crippen LogP contribution in [-0.4, -0.2) is 18.2 Å². The van der Waals surface area contributed by atoms with Crippen molar-refractivity contribution in [2.24, 2.45) is 4.99 Å². The van der Waals surface area contributed by atoms with Crippen molar-refractivity contribution in [2.75, 3.05) is 7.11 Å². The third-order valence-corrected chi connectivity index (χ3v) is 4.29. The maximum Gasteiger partial charge on any atom is 0.264 e. The molecule has 3 rings (SSSR count). The summed E-state index contributed by atoms with van der Waals surface area (Å²) in [6.45, 7) is 1.99. The zero-order valence-electron chi connectivity index (χ0n) is 12.9. The van der Waals surface area contributed by atoms with E-state index in [-0.39, 0.29) is 5.91 Å². The van der Waals surface area contributed by atoms with Gasteiger partial charge in [-0.2, -0.15) is 0 Å². The minimum absolute atomic E-state index is 0.134. The molecule has 1 N–H and O–H groups in total. The van der Waals surface area contributed by atoms with E-state index >= 15 is 0 Å². The zero-order chi connectivity index (χ0) is 16.2. The van der Waals surface area contributed by atoms with Crippen molar-refractivity contribution in [3.63, 3.8) is 0 Å². The monoisotopic (exact) mass is 324 g/mol. The van der Waals surface area contributed by atoms with Gasteiger partial charge in [0.2, 0.25) is 0 Å². The number of amidine groups is 1. The summed E-state index contributed by atoms with van der Waals surface area (Å²) in [5, 5.41) is 3.40. The standard InChI is InChI=1S/C18H16N2O2S/c1-12-6-3-4-9-15(12)19-18-20-17(21)16(23-18)11-13-7-5-8-14(10-13)22-2/h3-11H,1-2H3,(H,19,20,21). The summed E-state index contributed by atoms with van der Waals surface area (Å²) >= 11 is 1.34. The molecule has 1 amide bonds. The number of methoxy groups -OCH3 is 1. The lowest BCUT2D eigenvalue weighted by Crippen LogP contribution is -2.19. The molecule has 5 heteroatoms. The van der Waals surface area contributed by atoms with E-state index in [4.69, 9.17) is 4.74 Å². The van der Waals surface area contributed by atoms with Crippen molar-refractivity contribution in [3.05, 3.63) is 64.6 Å². The maximum absolute atomic E-state index is 12.1. The Labute approximate surface area is 139 Å². The van der Waals surface area contributed by atoms with Gasteiger partial charge in [-0.1, -0.05) is 30.3 Å². The van der Waals surface area contributed by atoms with E-state index in [0.717, 1.165) is 22.6 Å². The molecule has 1 aliphatic rings. The van der Waals surface area contributed by atoms with Crippen LogP contribution < -0.4 is 10.1 Å². The lowest BCUT2D eigenvalue weighted by molar-refractivity contribution is -0.115. The number of aryl methyl sites for hydroxylation is 1. The summed E-state index contributed by atoms with van der Waals surface area (Å²) in [4.78, 5) is 17.2. The van der Waals surface area contributed by atoms with E-state index in [1.807, 2.05) is 61.5 Å². The molecule has 0 radical (unpaired) electrons. The van der Waals surface area contributed by atoms with E-state index in [0.29, 0.717) is 10.1 Å². The normalized spacial score (nSPS) is 17.6.